The van der Waals surface area contributed by atoms with Crippen LogP contribution in [0.2, 0.25) is 0 Å². The van der Waals surface area contributed by atoms with Gasteiger partial charge in [-0.2, -0.15) is 0 Å². The molecule has 1 heterocycles. The zero-order valence-corrected chi connectivity index (χ0v) is 20.1. The van der Waals surface area contributed by atoms with Crippen molar-refractivity contribution in [3.63, 3.8) is 0 Å². The van der Waals surface area contributed by atoms with Crippen LogP contribution in [-0.4, -0.2) is 36.8 Å². The summed E-state index contributed by atoms with van der Waals surface area (Å²) in [6, 6.07) is 26.7. The zero-order chi connectivity index (χ0) is 25.4. The largest absolute Gasteiger partial charge is 0.573 e. The minimum atomic E-state index is -4.71. The third-order valence-electron chi connectivity index (χ3n) is 6.72. The van der Waals surface area contributed by atoms with E-state index < -0.39 is 6.36 Å². The van der Waals surface area contributed by atoms with Gasteiger partial charge in [0.25, 0.3) is 0 Å². The van der Waals surface area contributed by atoms with Gasteiger partial charge in [-0.1, -0.05) is 72.8 Å². The Kier molecular flexibility index (Phi) is 8.65. The number of carbonyl (C=O) groups is 1. The average Bonchev–Trinajstić information content (AvgIpc) is 2.89. The number of rotatable bonds is 9. The summed E-state index contributed by atoms with van der Waals surface area (Å²) >= 11 is 0. The van der Waals surface area contributed by atoms with Crippen LogP contribution >= 0.6 is 0 Å². The Morgan fingerprint density at radius 2 is 1.44 bits per heavy atom. The van der Waals surface area contributed by atoms with Crippen LogP contribution in [0.5, 0.6) is 5.75 Å². The quantitative estimate of drug-likeness (QED) is 0.387. The molecule has 1 N–H and O–H groups in total. The van der Waals surface area contributed by atoms with Crippen LogP contribution in [0.1, 0.15) is 41.9 Å². The van der Waals surface area contributed by atoms with Crippen LogP contribution in [0.25, 0.3) is 0 Å². The molecule has 0 unspecified atom stereocenters. The van der Waals surface area contributed by atoms with Gasteiger partial charge in [0.15, 0.2) is 0 Å². The molecule has 0 atom stereocenters. The molecule has 0 bridgehead atoms. The highest BCUT2D eigenvalue weighted by Gasteiger charge is 2.31. The maximum atomic E-state index is 12.7. The van der Waals surface area contributed by atoms with Gasteiger partial charge in [-0.25, -0.2) is 0 Å². The van der Waals surface area contributed by atoms with E-state index in [4.69, 9.17) is 0 Å². The molecular weight excluding hydrogens is 465 g/mol. The summed E-state index contributed by atoms with van der Waals surface area (Å²) in [4.78, 5) is 15.1. The van der Waals surface area contributed by atoms with Crippen LogP contribution in [0.15, 0.2) is 84.9 Å². The second kappa shape index (κ2) is 12.1. The van der Waals surface area contributed by atoms with Crippen molar-refractivity contribution in [3.8, 4) is 5.75 Å². The lowest BCUT2D eigenvalue weighted by atomic mass is 9.88. The van der Waals surface area contributed by atoms with Crippen LogP contribution in [0.3, 0.4) is 0 Å². The van der Waals surface area contributed by atoms with Gasteiger partial charge in [-0.05, 0) is 67.7 Å². The van der Waals surface area contributed by atoms with Crippen molar-refractivity contribution in [1.29, 1.82) is 0 Å². The minimum Gasteiger partial charge on any atom is -0.406 e. The normalized spacial score (nSPS) is 15.1. The van der Waals surface area contributed by atoms with Gasteiger partial charge in [-0.3, -0.25) is 4.79 Å². The minimum absolute atomic E-state index is 0.00304. The maximum absolute atomic E-state index is 12.7. The Labute approximate surface area is 210 Å². The van der Waals surface area contributed by atoms with Crippen LogP contribution in [0, 0.1) is 5.92 Å². The number of amides is 1. The summed E-state index contributed by atoms with van der Waals surface area (Å²) in [5.74, 6) is 0.0119. The number of hydrogen-bond acceptors (Lipinski definition) is 3. The summed E-state index contributed by atoms with van der Waals surface area (Å²) in [6.45, 7) is 2.99. The number of likely N-dealkylation sites (tertiary alicyclic amines) is 1. The van der Waals surface area contributed by atoms with Gasteiger partial charge in [0.1, 0.15) is 5.75 Å². The molecule has 1 amide bonds. The molecule has 1 aliphatic heterocycles. The molecule has 36 heavy (non-hydrogen) atoms. The summed E-state index contributed by atoms with van der Waals surface area (Å²) in [5, 5.41) is 2.92. The fourth-order valence-corrected chi connectivity index (χ4v) is 4.77. The molecule has 0 spiro atoms. The average molecular weight is 497 g/mol. The Morgan fingerprint density at radius 3 is 1.97 bits per heavy atom. The lowest BCUT2D eigenvalue weighted by molar-refractivity contribution is -0.274. The molecule has 3 aromatic carbocycles. The molecule has 0 aromatic heterocycles. The Hall–Kier alpha value is -3.32. The molecule has 0 aliphatic carbocycles. The lowest BCUT2D eigenvalue weighted by Crippen LogP contribution is -2.40. The fraction of sp³-hybridized carbons (Fsp3) is 0.345. The molecule has 7 heteroatoms. The van der Waals surface area contributed by atoms with E-state index >= 15 is 0 Å². The van der Waals surface area contributed by atoms with Crippen molar-refractivity contribution in [2.45, 2.75) is 38.1 Å². The van der Waals surface area contributed by atoms with E-state index in [0.717, 1.165) is 44.5 Å². The van der Waals surface area contributed by atoms with E-state index in [1.807, 2.05) is 12.1 Å². The highest BCUT2D eigenvalue weighted by molar-refractivity contribution is 5.78. The fourth-order valence-electron chi connectivity index (χ4n) is 4.77. The third kappa shape index (κ3) is 7.59. The number of benzene rings is 3. The first-order chi connectivity index (χ1) is 17.4. The van der Waals surface area contributed by atoms with Gasteiger partial charge in [0, 0.05) is 18.4 Å². The first-order valence-corrected chi connectivity index (χ1v) is 12.3. The molecule has 3 aromatic rings. The van der Waals surface area contributed by atoms with Crippen molar-refractivity contribution < 1.29 is 22.7 Å². The second-order valence-electron chi connectivity index (χ2n) is 9.19. The third-order valence-corrected chi connectivity index (χ3v) is 6.72. The standard InChI is InChI=1S/C29H31F3N2O2/c30-29(31,32)36-26-13-11-22(12-14-26)21-33-28(35)25-15-18-34(19-16-25)20-17-27(23-7-3-1-4-8-23)24-9-5-2-6-10-24/h1-14,25,27H,15-21H2,(H,33,35). The van der Waals surface area contributed by atoms with E-state index in [0.29, 0.717) is 5.92 Å². The SMILES string of the molecule is O=C(NCc1ccc(OC(F)(F)F)cc1)C1CCN(CCC(c2ccccc2)c2ccccc2)CC1. The first-order valence-electron chi connectivity index (χ1n) is 12.3. The van der Waals surface area contributed by atoms with Gasteiger partial charge >= 0.3 is 6.36 Å². The molecule has 4 rings (SSSR count). The van der Waals surface area contributed by atoms with Crippen LogP contribution in [0.4, 0.5) is 13.2 Å². The number of piperidine rings is 1. The van der Waals surface area contributed by atoms with Gasteiger partial charge in [-0.15, -0.1) is 13.2 Å². The second-order valence-corrected chi connectivity index (χ2v) is 9.19. The van der Waals surface area contributed by atoms with E-state index in [1.54, 1.807) is 0 Å². The Balaban J connectivity index is 1.23. The van der Waals surface area contributed by atoms with Gasteiger partial charge in [0.05, 0.1) is 0 Å². The molecule has 1 saturated heterocycles. The predicted octanol–water partition coefficient (Wildman–Crippen LogP) is 6.14. The van der Waals surface area contributed by atoms with Crippen LogP contribution < -0.4 is 10.1 Å². The maximum Gasteiger partial charge on any atom is 0.573 e. The topological polar surface area (TPSA) is 41.6 Å². The van der Waals surface area contributed by atoms with Gasteiger partial charge in [0.2, 0.25) is 5.91 Å². The van der Waals surface area contributed by atoms with Crippen molar-refractivity contribution in [3.05, 3.63) is 102 Å². The first kappa shape index (κ1) is 25.8. The summed E-state index contributed by atoms with van der Waals surface area (Å²) < 4.78 is 40.8. The summed E-state index contributed by atoms with van der Waals surface area (Å²) in [6.07, 6.45) is -2.11. The summed E-state index contributed by atoms with van der Waals surface area (Å²) in [7, 11) is 0. The molecule has 4 nitrogen and oxygen atoms in total. The van der Waals surface area contributed by atoms with Crippen molar-refractivity contribution in [2.24, 2.45) is 5.92 Å². The zero-order valence-electron chi connectivity index (χ0n) is 20.1. The number of hydrogen-bond donors (Lipinski definition) is 1. The molecule has 0 radical (unpaired) electrons. The number of carbonyl (C=O) groups excluding carboxylic acids is 1. The van der Waals surface area contributed by atoms with Crippen molar-refractivity contribution in [1.82, 2.24) is 10.2 Å². The van der Waals surface area contributed by atoms with Crippen molar-refractivity contribution in [2.75, 3.05) is 19.6 Å². The Morgan fingerprint density at radius 1 is 0.889 bits per heavy atom. The highest BCUT2D eigenvalue weighted by atomic mass is 19.4. The van der Waals surface area contributed by atoms with E-state index in [2.05, 4.69) is 63.5 Å². The smallest absolute Gasteiger partial charge is 0.406 e. The number of alkyl halides is 3. The molecule has 190 valence electrons. The summed E-state index contributed by atoms with van der Waals surface area (Å²) in [5.41, 5.74) is 3.36. The molecule has 1 aliphatic rings. The van der Waals surface area contributed by atoms with Gasteiger partial charge < -0.3 is 15.0 Å². The van der Waals surface area contributed by atoms with E-state index in [-0.39, 0.29) is 24.1 Å². The monoisotopic (exact) mass is 496 g/mol. The lowest BCUT2D eigenvalue weighted by Gasteiger charge is -2.32. The Bertz CT molecular complexity index is 1040. The van der Waals surface area contributed by atoms with Crippen LogP contribution in [-0.2, 0) is 11.3 Å². The van der Waals surface area contributed by atoms with E-state index in [9.17, 15) is 18.0 Å². The molecule has 0 saturated carbocycles. The highest BCUT2D eigenvalue weighted by Crippen LogP contribution is 2.29. The van der Waals surface area contributed by atoms with Crippen molar-refractivity contribution >= 4 is 5.91 Å². The molecule has 1 fully saturated rings. The molecular formula is C29H31F3N2O2. The predicted molar refractivity (Wildman–Crippen MR) is 133 cm³/mol. The van der Waals surface area contributed by atoms with E-state index in [1.165, 1.54) is 35.4 Å². The number of halogens is 3. The number of nitrogens with zero attached hydrogens (tertiary/aromatic N) is 1. The number of ether oxygens (including phenoxy) is 1. The number of nitrogens with one attached hydrogen (secondary N) is 1.